The van der Waals surface area contributed by atoms with Gasteiger partial charge in [-0.15, -0.1) is 0 Å². The van der Waals surface area contributed by atoms with Crippen molar-refractivity contribution >= 4 is 33.4 Å². The zero-order chi connectivity index (χ0) is 17.0. The van der Waals surface area contributed by atoms with Crippen molar-refractivity contribution in [3.8, 4) is 11.1 Å². The molecule has 0 aromatic heterocycles. The van der Waals surface area contributed by atoms with Crippen LogP contribution in [0.15, 0.2) is 84.9 Å². The highest BCUT2D eigenvalue weighted by Crippen LogP contribution is 2.54. The van der Waals surface area contributed by atoms with Crippen molar-refractivity contribution in [2.75, 3.05) is 0 Å². The van der Waals surface area contributed by atoms with Gasteiger partial charge in [0.1, 0.15) is 5.60 Å². The molecule has 1 atom stereocenters. The van der Waals surface area contributed by atoms with Crippen LogP contribution in [0.25, 0.3) is 21.9 Å². The van der Waals surface area contributed by atoms with Crippen molar-refractivity contribution in [2.24, 2.45) is 0 Å². The molecule has 4 aromatic carbocycles. The van der Waals surface area contributed by atoms with E-state index >= 15 is 0 Å². The number of rotatable bonds is 1. The van der Waals surface area contributed by atoms with Crippen LogP contribution in [-0.2, 0) is 5.60 Å². The maximum absolute atomic E-state index is 12.1. The lowest BCUT2D eigenvalue weighted by molar-refractivity contribution is 0.132. The SMILES string of the molecule is O[C@@]1(c2ccccc2)c2ccccc2-c2c(I)cc3ccccc3c21. The average Bonchev–Trinajstić information content (AvgIpc) is 2.94. The fourth-order valence-electron chi connectivity index (χ4n) is 4.08. The van der Waals surface area contributed by atoms with E-state index in [9.17, 15) is 5.11 Å². The van der Waals surface area contributed by atoms with Crippen molar-refractivity contribution < 1.29 is 5.11 Å². The molecular formula is C23H15IO. The standard InChI is InChI=1S/C23H15IO/c24-20-14-15-8-4-5-11-17(15)22-21(20)18-12-6-7-13-19(18)23(22,25)16-9-2-1-3-10-16/h1-14,25H/t23-/m0/s1. The van der Waals surface area contributed by atoms with E-state index in [-0.39, 0.29) is 0 Å². The maximum Gasteiger partial charge on any atom is 0.142 e. The topological polar surface area (TPSA) is 20.2 Å². The fourth-order valence-corrected chi connectivity index (χ4v) is 4.98. The minimum Gasteiger partial charge on any atom is -0.376 e. The number of halogens is 1. The van der Waals surface area contributed by atoms with E-state index in [1.54, 1.807) is 0 Å². The highest BCUT2D eigenvalue weighted by atomic mass is 127. The Morgan fingerprint density at radius 2 is 1.44 bits per heavy atom. The molecule has 4 aromatic rings. The molecule has 5 rings (SSSR count). The van der Waals surface area contributed by atoms with Crippen LogP contribution in [0.2, 0.25) is 0 Å². The van der Waals surface area contributed by atoms with E-state index in [0.29, 0.717) is 0 Å². The molecule has 1 N–H and O–H groups in total. The van der Waals surface area contributed by atoms with Crippen molar-refractivity contribution in [1.82, 2.24) is 0 Å². The highest BCUT2D eigenvalue weighted by molar-refractivity contribution is 14.1. The van der Waals surface area contributed by atoms with Crippen molar-refractivity contribution in [1.29, 1.82) is 0 Å². The Hall–Kier alpha value is -2.17. The summed E-state index contributed by atoms with van der Waals surface area (Å²) >= 11 is 2.40. The van der Waals surface area contributed by atoms with Gasteiger partial charge in [0.2, 0.25) is 0 Å². The summed E-state index contributed by atoms with van der Waals surface area (Å²) < 4.78 is 1.17. The molecule has 0 unspecified atom stereocenters. The van der Waals surface area contributed by atoms with Gasteiger partial charge in [0, 0.05) is 20.3 Å². The Labute approximate surface area is 160 Å². The second kappa shape index (κ2) is 5.41. The molecule has 0 bridgehead atoms. The van der Waals surface area contributed by atoms with Crippen LogP contribution in [0.3, 0.4) is 0 Å². The highest BCUT2D eigenvalue weighted by Gasteiger charge is 2.44. The quantitative estimate of drug-likeness (QED) is 0.381. The van der Waals surface area contributed by atoms with Crippen LogP contribution in [0.5, 0.6) is 0 Å². The van der Waals surface area contributed by atoms with E-state index in [4.69, 9.17) is 0 Å². The Morgan fingerprint density at radius 1 is 0.760 bits per heavy atom. The molecule has 0 radical (unpaired) electrons. The van der Waals surface area contributed by atoms with Crippen LogP contribution in [0.4, 0.5) is 0 Å². The molecule has 2 heteroatoms. The van der Waals surface area contributed by atoms with Crippen molar-refractivity contribution in [3.05, 3.63) is 105 Å². The van der Waals surface area contributed by atoms with Gasteiger partial charge >= 0.3 is 0 Å². The summed E-state index contributed by atoms with van der Waals surface area (Å²) in [6.07, 6.45) is 0. The third-order valence-electron chi connectivity index (χ3n) is 5.14. The Bertz CT molecular complexity index is 1120. The molecule has 0 heterocycles. The molecule has 1 aliphatic carbocycles. The smallest absolute Gasteiger partial charge is 0.142 e. The third-order valence-corrected chi connectivity index (χ3v) is 5.99. The Balaban J connectivity index is 2.01. The summed E-state index contributed by atoms with van der Waals surface area (Å²) in [7, 11) is 0. The molecular weight excluding hydrogens is 419 g/mol. The summed E-state index contributed by atoms with van der Waals surface area (Å²) in [6, 6.07) is 28.8. The maximum atomic E-state index is 12.1. The zero-order valence-corrected chi connectivity index (χ0v) is 15.6. The second-order valence-electron chi connectivity index (χ2n) is 6.45. The summed E-state index contributed by atoms with van der Waals surface area (Å²) in [6.45, 7) is 0. The second-order valence-corrected chi connectivity index (χ2v) is 7.61. The van der Waals surface area contributed by atoms with Gasteiger partial charge in [0.25, 0.3) is 0 Å². The lowest BCUT2D eigenvalue weighted by Gasteiger charge is -2.28. The van der Waals surface area contributed by atoms with Gasteiger partial charge in [-0.3, -0.25) is 0 Å². The Kier molecular flexibility index (Phi) is 3.27. The van der Waals surface area contributed by atoms with Gasteiger partial charge in [-0.1, -0.05) is 78.9 Å². The normalized spacial score (nSPS) is 18.2. The van der Waals surface area contributed by atoms with Gasteiger partial charge in [-0.2, -0.15) is 0 Å². The van der Waals surface area contributed by atoms with Gasteiger partial charge < -0.3 is 5.11 Å². The average molecular weight is 434 g/mol. The van der Waals surface area contributed by atoms with Gasteiger partial charge in [0.15, 0.2) is 0 Å². The van der Waals surface area contributed by atoms with Gasteiger partial charge in [-0.25, -0.2) is 0 Å². The number of fused-ring (bicyclic) bond motifs is 5. The molecule has 1 aliphatic rings. The minimum absolute atomic E-state index is 0.911. The number of hydrogen-bond acceptors (Lipinski definition) is 1. The number of aliphatic hydroxyl groups is 1. The molecule has 0 saturated carbocycles. The van der Waals surface area contributed by atoms with Crippen LogP contribution in [0.1, 0.15) is 16.7 Å². The summed E-state index contributed by atoms with van der Waals surface area (Å²) in [5.41, 5.74) is 4.02. The van der Waals surface area contributed by atoms with Gasteiger partial charge in [-0.05, 0) is 50.6 Å². The minimum atomic E-state index is -1.13. The summed E-state index contributed by atoms with van der Waals surface area (Å²) in [5.74, 6) is 0. The summed E-state index contributed by atoms with van der Waals surface area (Å²) in [4.78, 5) is 0. The predicted molar refractivity (Wildman–Crippen MR) is 111 cm³/mol. The third kappa shape index (κ3) is 1.98. The summed E-state index contributed by atoms with van der Waals surface area (Å²) in [5, 5.41) is 14.4. The van der Waals surface area contributed by atoms with E-state index in [1.165, 1.54) is 3.57 Å². The van der Waals surface area contributed by atoms with Gasteiger partial charge in [0.05, 0.1) is 0 Å². The molecule has 0 saturated heterocycles. The van der Waals surface area contributed by atoms with Crippen molar-refractivity contribution in [2.45, 2.75) is 5.60 Å². The molecule has 25 heavy (non-hydrogen) atoms. The van der Waals surface area contributed by atoms with Crippen molar-refractivity contribution in [3.63, 3.8) is 0 Å². The number of hydrogen-bond donors (Lipinski definition) is 1. The van der Waals surface area contributed by atoms with E-state index < -0.39 is 5.60 Å². The molecule has 120 valence electrons. The van der Waals surface area contributed by atoms with E-state index in [1.807, 2.05) is 54.6 Å². The molecule has 0 fully saturated rings. The first-order valence-electron chi connectivity index (χ1n) is 8.31. The molecule has 1 nitrogen and oxygen atoms in total. The van der Waals surface area contributed by atoms with Crippen LogP contribution in [0, 0.1) is 3.57 Å². The lowest BCUT2D eigenvalue weighted by atomic mass is 9.82. The largest absolute Gasteiger partial charge is 0.376 e. The van der Waals surface area contributed by atoms with Crippen LogP contribution in [-0.4, -0.2) is 5.11 Å². The van der Waals surface area contributed by atoms with Crippen LogP contribution < -0.4 is 0 Å². The van der Waals surface area contributed by atoms with E-state index in [2.05, 4.69) is 52.9 Å². The van der Waals surface area contributed by atoms with Crippen LogP contribution >= 0.6 is 22.6 Å². The van der Waals surface area contributed by atoms with E-state index in [0.717, 1.165) is 38.6 Å². The first-order chi connectivity index (χ1) is 12.2. The predicted octanol–water partition coefficient (Wildman–Crippen LogP) is 5.71. The Morgan fingerprint density at radius 3 is 2.28 bits per heavy atom. The molecule has 0 aliphatic heterocycles. The monoisotopic (exact) mass is 434 g/mol. The first-order valence-corrected chi connectivity index (χ1v) is 9.38. The molecule has 0 spiro atoms. The molecule has 0 amide bonds. The fraction of sp³-hybridized carbons (Fsp3) is 0.0435. The lowest BCUT2D eigenvalue weighted by Crippen LogP contribution is -2.26. The first kappa shape index (κ1) is 15.1. The number of benzene rings is 4. The zero-order valence-electron chi connectivity index (χ0n) is 13.4.